The molecule has 1 unspecified atom stereocenters. The second-order valence-corrected chi connectivity index (χ2v) is 3.09. The lowest BCUT2D eigenvalue weighted by Gasteiger charge is -2.08. The van der Waals surface area contributed by atoms with Crippen LogP contribution in [0.1, 0.15) is 32.1 Å². The van der Waals surface area contributed by atoms with E-state index >= 15 is 0 Å². The molecule has 1 N–H and O–H groups in total. The minimum atomic E-state index is -0.705. The van der Waals surface area contributed by atoms with Crippen LogP contribution in [0.5, 0.6) is 0 Å². The van der Waals surface area contributed by atoms with Crippen LogP contribution in [0.4, 0.5) is 0 Å². The molecule has 0 spiro atoms. The molecule has 10 heavy (non-hydrogen) atoms. The number of carbonyl (C=O) groups excluding carboxylic acids is 1. The second kappa shape index (κ2) is 3.71. The lowest BCUT2D eigenvalue weighted by molar-refractivity contribution is -0.115. The summed E-state index contributed by atoms with van der Waals surface area (Å²) in [6, 6.07) is 0. The molecule has 0 saturated heterocycles. The van der Waals surface area contributed by atoms with E-state index < -0.39 is 6.10 Å². The van der Waals surface area contributed by atoms with E-state index in [1.165, 1.54) is 25.7 Å². The van der Waals surface area contributed by atoms with Crippen molar-refractivity contribution in [3.63, 3.8) is 0 Å². The summed E-state index contributed by atoms with van der Waals surface area (Å²) < 4.78 is 0. The zero-order valence-electron chi connectivity index (χ0n) is 6.12. The van der Waals surface area contributed by atoms with Crippen LogP contribution >= 0.6 is 0 Å². The van der Waals surface area contributed by atoms with Gasteiger partial charge >= 0.3 is 0 Å². The fourth-order valence-electron chi connectivity index (χ4n) is 1.64. The van der Waals surface area contributed by atoms with Crippen LogP contribution in [0, 0.1) is 5.92 Å². The van der Waals surface area contributed by atoms with Crippen LogP contribution < -0.4 is 0 Å². The molecule has 1 atom stereocenters. The molecule has 0 bridgehead atoms. The summed E-state index contributed by atoms with van der Waals surface area (Å²) in [4.78, 5) is 10.0. The highest BCUT2D eigenvalue weighted by molar-refractivity contribution is 5.55. The Hall–Kier alpha value is -0.370. The molecule has 1 fully saturated rings. The number of carbonyl (C=O) groups is 1. The summed E-state index contributed by atoms with van der Waals surface area (Å²) in [6.07, 6.45) is 5.56. The first-order chi connectivity index (χ1) is 4.83. The molecule has 0 heterocycles. The van der Waals surface area contributed by atoms with Gasteiger partial charge in [-0.2, -0.15) is 0 Å². The van der Waals surface area contributed by atoms with Gasteiger partial charge in [-0.15, -0.1) is 0 Å². The predicted octanol–water partition coefficient (Wildman–Crippen LogP) is 1.13. The van der Waals surface area contributed by atoms with Crippen molar-refractivity contribution in [2.75, 3.05) is 0 Å². The fraction of sp³-hybridized carbons (Fsp3) is 0.875. The molecule has 0 aromatic carbocycles. The topological polar surface area (TPSA) is 37.3 Å². The molecular formula is C8H14O2. The normalized spacial score (nSPS) is 22.9. The zero-order chi connectivity index (χ0) is 7.40. The van der Waals surface area contributed by atoms with Crippen LogP contribution in [0.15, 0.2) is 0 Å². The van der Waals surface area contributed by atoms with Gasteiger partial charge in [0.1, 0.15) is 12.4 Å². The van der Waals surface area contributed by atoms with E-state index in [4.69, 9.17) is 5.11 Å². The van der Waals surface area contributed by atoms with Crippen LogP contribution in [-0.2, 0) is 4.79 Å². The van der Waals surface area contributed by atoms with Crippen molar-refractivity contribution in [3.05, 3.63) is 0 Å². The molecule has 0 aliphatic heterocycles. The van der Waals surface area contributed by atoms with Gasteiger partial charge in [-0.1, -0.05) is 25.7 Å². The van der Waals surface area contributed by atoms with E-state index in [0.717, 1.165) is 0 Å². The summed E-state index contributed by atoms with van der Waals surface area (Å²) in [5, 5.41) is 8.95. The van der Waals surface area contributed by atoms with Crippen molar-refractivity contribution in [1.82, 2.24) is 0 Å². The molecule has 1 aliphatic carbocycles. The molecule has 1 aliphatic rings. The summed E-state index contributed by atoms with van der Waals surface area (Å²) in [6.45, 7) is 0. The molecule has 58 valence electrons. The van der Waals surface area contributed by atoms with Gasteiger partial charge in [-0.25, -0.2) is 0 Å². The third-order valence-electron chi connectivity index (χ3n) is 2.21. The van der Waals surface area contributed by atoms with Crippen LogP contribution in [0.3, 0.4) is 0 Å². The standard InChI is InChI=1S/C8H14O2/c9-6-8(10)5-7-3-1-2-4-7/h6-8,10H,1-5H2. The van der Waals surface area contributed by atoms with Crippen LogP contribution in [0.25, 0.3) is 0 Å². The average Bonchev–Trinajstić information content (AvgIpc) is 2.40. The fourth-order valence-corrected chi connectivity index (χ4v) is 1.64. The molecule has 0 aromatic heterocycles. The Morgan fingerprint density at radius 2 is 2.10 bits per heavy atom. The molecule has 0 radical (unpaired) electrons. The Kier molecular flexibility index (Phi) is 2.87. The van der Waals surface area contributed by atoms with Gasteiger partial charge in [0.15, 0.2) is 0 Å². The van der Waals surface area contributed by atoms with Crippen molar-refractivity contribution in [1.29, 1.82) is 0 Å². The van der Waals surface area contributed by atoms with Crippen LogP contribution in [-0.4, -0.2) is 17.5 Å². The number of hydrogen-bond acceptors (Lipinski definition) is 2. The molecule has 0 aromatic rings. The van der Waals surface area contributed by atoms with E-state index in [0.29, 0.717) is 18.6 Å². The van der Waals surface area contributed by atoms with Crippen molar-refractivity contribution < 1.29 is 9.90 Å². The molecule has 0 amide bonds. The number of aliphatic hydroxyl groups excluding tert-OH is 1. The first kappa shape index (κ1) is 7.73. The highest BCUT2D eigenvalue weighted by Gasteiger charge is 2.17. The summed E-state index contributed by atoms with van der Waals surface area (Å²) in [5.74, 6) is 0.611. The quantitative estimate of drug-likeness (QED) is 0.600. The number of rotatable bonds is 3. The van der Waals surface area contributed by atoms with Crippen molar-refractivity contribution >= 4 is 6.29 Å². The third-order valence-corrected chi connectivity index (χ3v) is 2.21. The Morgan fingerprint density at radius 3 is 2.60 bits per heavy atom. The minimum absolute atomic E-state index is 0.611. The molecule has 2 nitrogen and oxygen atoms in total. The smallest absolute Gasteiger partial charge is 0.148 e. The highest BCUT2D eigenvalue weighted by atomic mass is 16.3. The summed E-state index contributed by atoms with van der Waals surface area (Å²) >= 11 is 0. The van der Waals surface area contributed by atoms with Gasteiger partial charge in [-0.3, -0.25) is 0 Å². The van der Waals surface area contributed by atoms with Gasteiger partial charge in [-0.05, 0) is 12.3 Å². The Bertz CT molecular complexity index is 106. The maximum absolute atomic E-state index is 10.0. The number of aliphatic hydroxyl groups is 1. The average molecular weight is 142 g/mol. The van der Waals surface area contributed by atoms with E-state index in [9.17, 15) is 4.79 Å². The van der Waals surface area contributed by atoms with Gasteiger partial charge < -0.3 is 9.90 Å². The van der Waals surface area contributed by atoms with E-state index in [1.807, 2.05) is 0 Å². The number of aldehydes is 1. The third kappa shape index (κ3) is 2.10. The lowest BCUT2D eigenvalue weighted by Crippen LogP contribution is -2.12. The van der Waals surface area contributed by atoms with Crippen molar-refractivity contribution in [2.24, 2.45) is 5.92 Å². The van der Waals surface area contributed by atoms with Gasteiger partial charge in [0.25, 0.3) is 0 Å². The summed E-state index contributed by atoms with van der Waals surface area (Å²) in [5.41, 5.74) is 0. The van der Waals surface area contributed by atoms with Crippen molar-refractivity contribution in [2.45, 2.75) is 38.2 Å². The molecule has 2 heteroatoms. The predicted molar refractivity (Wildman–Crippen MR) is 38.6 cm³/mol. The SMILES string of the molecule is O=CC(O)CC1CCCC1. The van der Waals surface area contributed by atoms with Gasteiger partial charge in [0.05, 0.1) is 0 Å². The molecule has 1 saturated carbocycles. The first-order valence-corrected chi connectivity index (χ1v) is 3.96. The molecule has 1 rings (SSSR count). The maximum Gasteiger partial charge on any atom is 0.148 e. The molecular weight excluding hydrogens is 128 g/mol. The van der Waals surface area contributed by atoms with Gasteiger partial charge in [0.2, 0.25) is 0 Å². The highest BCUT2D eigenvalue weighted by Crippen LogP contribution is 2.28. The number of hydrogen-bond donors (Lipinski definition) is 1. The van der Waals surface area contributed by atoms with Gasteiger partial charge in [0, 0.05) is 0 Å². The monoisotopic (exact) mass is 142 g/mol. The zero-order valence-corrected chi connectivity index (χ0v) is 6.12. The second-order valence-electron chi connectivity index (χ2n) is 3.09. The Balaban J connectivity index is 2.17. The Morgan fingerprint density at radius 1 is 1.50 bits per heavy atom. The largest absolute Gasteiger partial charge is 0.386 e. The first-order valence-electron chi connectivity index (χ1n) is 3.96. The van der Waals surface area contributed by atoms with E-state index in [2.05, 4.69) is 0 Å². The van der Waals surface area contributed by atoms with E-state index in [1.54, 1.807) is 0 Å². The maximum atomic E-state index is 10.0. The van der Waals surface area contributed by atoms with Crippen LogP contribution in [0.2, 0.25) is 0 Å². The Labute approximate surface area is 61.2 Å². The van der Waals surface area contributed by atoms with E-state index in [-0.39, 0.29) is 0 Å². The summed E-state index contributed by atoms with van der Waals surface area (Å²) in [7, 11) is 0. The minimum Gasteiger partial charge on any atom is -0.386 e. The van der Waals surface area contributed by atoms with Crippen molar-refractivity contribution in [3.8, 4) is 0 Å². The lowest BCUT2D eigenvalue weighted by atomic mass is 10.0.